The van der Waals surface area contributed by atoms with Crippen molar-refractivity contribution in [1.29, 1.82) is 0 Å². The van der Waals surface area contributed by atoms with Crippen LogP contribution in [-0.2, 0) is 11.2 Å². The number of carbonyl (C=O) groups excluding carboxylic acids is 1. The Morgan fingerprint density at radius 3 is 2.44 bits per heavy atom. The first-order valence-electron chi connectivity index (χ1n) is 10.5. The lowest BCUT2D eigenvalue weighted by Gasteiger charge is -2.60. The summed E-state index contributed by atoms with van der Waals surface area (Å²) in [4.78, 5) is 15.1. The van der Waals surface area contributed by atoms with Gasteiger partial charge in [-0.1, -0.05) is 46.3 Å². The third-order valence-corrected chi connectivity index (χ3v) is 8.15. The Kier molecular flexibility index (Phi) is 5.41. The summed E-state index contributed by atoms with van der Waals surface area (Å²) in [6.07, 6.45) is 9.47. The lowest BCUT2D eigenvalue weighted by molar-refractivity contribution is -0.128. The van der Waals surface area contributed by atoms with Crippen molar-refractivity contribution >= 4 is 21.8 Å². The number of alkyl halides is 1. The molecule has 1 aromatic carbocycles. The molecule has 4 aliphatic rings. The van der Waals surface area contributed by atoms with Crippen molar-refractivity contribution in [2.45, 2.75) is 61.7 Å². The average molecular weight is 433 g/mol. The molecule has 4 bridgehead atoms. The largest absolute Gasteiger partial charge is 0.355 e. The van der Waals surface area contributed by atoms with Gasteiger partial charge in [0.15, 0.2) is 0 Å². The molecule has 5 rings (SSSR count). The molecule has 1 aromatic rings. The molecule has 148 valence electrons. The van der Waals surface area contributed by atoms with Crippen LogP contribution in [0.15, 0.2) is 30.3 Å². The first-order valence-corrected chi connectivity index (χ1v) is 11.3. The molecule has 0 aliphatic heterocycles. The molecule has 4 saturated carbocycles. The Morgan fingerprint density at radius 2 is 1.85 bits per heavy atom. The van der Waals surface area contributed by atoms with Gasteiger partial charge in [-0.25, -0.2) is 0 Å². The van der Waals surface area contributed by atoms with E-state index in [0.717, 1.165) is 31.2 Å². The minimum Gasteiger partial charge on any atom is -0.355 e. The fraction of sp³-hybridized carbons (Fsp3) is 0.696. The number of likely N-dealkylation sites (N-methyl/N-ethyl adjacent to an activating group) is 1. The van der Waals surface area contributed by atoms with E-state index in [1.54, 1.807) is 0 Å². The van der Waals surface area contributed by atoms with Gasteiger partial charge in [-0.15, -0.1) is 0 Å². The second-order valence-corrected chi connectivity index (χ2v) is 11.6. The van der Waals surface area contributed by atoms with Gasteiger partial charge < -0.3 is 10.2 Å². The number of hydrogen-bond acceptors (Lipinski definition) is 2. The van der Waals surface area contributed by atoms with E-state index in [1.807, 2.05) is 0 Å². The highest BCUT2D eigenvalue weighted by Gasteiger charge is 2.57. The first-order chi connectivity index (χ1) is 12.8. The predicted molar refractivity (Wildman–Crippen MR) is 114 cm³/mol. The molecule has 0 radical (unpaired) electrons. The summed E-state index contributed by atoms with van der Waals surface area (Å²) < 4.78 is 0.330. The maximum absolute atomic E-state index is 12.9. The summed E-state index contributed by atoms with van der Waals surface area (Å²) in [5, 5.41) is 3.28. The number of halogens is 1. The van der Waals surface area contributed by atoms with Gasteiger partial charge in [0.05, 0.1) is 0 Å². The number of benzene rings is 1. The van der Waals surface area contributed by atoms with Crippen LogP contribution in [0.25, 0.3) is 0 Å². The molecule has 4 fully saturated rings. The highest BCUT2D eigenvalue weighted by atomic mass is 79.9. The molecule has 27 heavy (non-hydrogen) atoms. The third-order valence-electron chi connectivity index (χ3n) is 7.23. The zero-order valence-electron chi connectivity index (χ0n) is 16.7. The summed E-state index contributed by atoms with van der Waals surface area (Å²) in [5.74, 6) is 1.94. The van der Waals surface area contributed by atoms with E-state index < -0.39 is 0 Å². The Balaban J connectivity index is 1.34. The van der Waals surface area contributed by atoms with Crippen molar-refractivity contribution in [2.24, 2.45) is 17.3 Å². The van der Waals surface area contributed by atoms with Crippen molar-refractivity contribution < 1.29 is 4.79 Å². The van der Waals surface area contributed by atoms with E-state index >= 15 is 0 Å². The van der Waals surface area contributed by atoms with E-state index in [-0.39, 0.29) is 11.3 Å². The van der Waals surface area contributed by atoms with E-state index in [1.165, 1.54) is 44.1 Å². The fourth-order valence-electron chi connectivity index (χ4n) is 6.50. The van der Waals surface area contributed by atoms with Crippen molar-refractivity contribution in [2.75, 3.05) is 20.6 Å². The van der Waals surface area contributed by atoms with Crippen LogP contribution in [0, 0.1) is 17.3 Å². The minimum atomic E-state index is 0.255. The normalized spacial score (nSPS) is 35.4. The lowest BCUT2D eigenvalue weighted by Crippen LogP contribution is -2.54. The molecular weight excluding hydrogens is 400 g/mol. The fourth-order valence-corrected chi connectivity index (χ4v) is 8.01. The molecule has 1 N–H and O–H groups in total. The van der Waals surface area contributed by atoms with Crippen LogP contribution in [0.4, 0.5) is 0 Å². The molecule has 3 atom stereocenters. The van der Waals surface area contributed by atoms with Gasteiger partial charge in [-0.05, 0) is 81.9 Å². The van der Waals surface area contributed by atoms with Crippen LogP contribution in [-0.4, -0.2) is 41.8 Å². The van der Waals surface area contributed by atoms with Gasteiger partial charge in [0.1, 0.15) is 0 Å². The number of nitrogens with zero attached hydrogens (tertiary/aromatic N) is 1. The average Bonchev–Trinajstić information content (AvgIpc) is 2.56. The van der Waals surface area contributed by atoms with Crippen molar-refractivity contribution in [3.05, 3.63) is 35.9 Å². The number of amides is 1. The summed E-state index contributed by atoms with van der Waals surface area (Å²) >= 11 is 4.06. The number of nitrogens with one attached hydrogen (secondary N) is 1. The highest BCUT2D eigenvalue weighted by Crippen LogP contribution is 2.65. The van der Waals surface area contributed by atoms with Gasteiger partial charge in [0.25, 0.3) is 0 Å². The second-order valence-electron chi connectivity index (χ2n) is 9.90. The van der Waals surface area contributed by atoms with Crippen LogP contribution in [0.3, 0.4) is 0 Å². The third kappa shape index (κ3) is 4.42. The van der Waals surface area contributed by atoms with Crippen LogP contribution < -0.4 is 5.32 Å². The van der Waals surface area contributed by atoms with E-state index in [0.29, 0.717) is 10.4 Å². The summed E-state index contributed by atoms with van der Waals surface area (Å²) in [5.41, 5.74) is 1.58. The standard InChI is InChI=1S/C23H33BrN2O/c1-26(2)20(9-17-6-4-3-5-7-17)15-25-21(27)14-22-10-18-8-19(11-22)13-23(24,12-18)16-22/h3-7,18-20H,8-16H2,1-2H3,(H,25,27). The van der Waals surface area contributed by atoms with Gasteiger partial charge in [0, 0.05) is 23.3 Å². The highest BCUT2D eigenvalue weighted by molar-refractivity contribution is 9.10. The Labute approximate surface area is 172 Å². The van der Waals surface area contributed by atoms with Crippen LogP contribution >= 0.6 is 15.9 Å². The maximum Gasteiger partial charge on any atom is 0.220 e. The zero-order chi connectivity index (χ0) is 19.1. The second kappa shape index (κ2) is 7.51. The van der Waals surface area contributed by atoms with Crippen molar-refractivity contribution in [3.63, 3.8) is 0 Å². The molecule has 0 aromatic heterocycles. The van der Waals surface area contributed by atoms with Crippen LogP contribution in [0.1, 0.15) is 50.5 Å². The number of hydrogen-bond donors (Lipinski definition) is 1. The van der Waals surface area contributed by atoms with Gasteiger partial charge in [-0.2, -0.15) is 0 Å². The SMILES string of the molecule is CN(C)C(CNC(=O)CC12CC3CC(CC(Br)(C3)C1)C2)Cc1ccccc1. The van der Waals surface area contributed by atoms with Crippen LogP contribution in [0.5, 0.6) is 0 Å². The van der Waals surface area contributed by atoms with Gasteiger partial charge >= 0.3 is 0 Å². The summed E-state index contributed by atoms with van der Waals surface area (Å²) in [7, 11) is 4.21. The lowest BCUT2D eigenvalue weighted by atomic mass is 9.48. The maximum atomic E-state index is 12.9. The Morgan fingerprint density at radius 1 is 1.19 bits per heavy atom. The Bertz CT molecular complexity index is 660. The van der Waals surface area contributed by atoms with E-state index in [2.05, 4.69) is 70.6 Å². The molecule has 3 nitrogen and oxygen atoms in total. The first kappa shape index (κ1) is 19.4. The topological polar surface area (TPSA) is 32.3 Å². The van der Waals surface area contributed by atoms with E-state index in [4.69, 9.17) is 0 Å². The van der Waals surface area contributed by atoms with Crippen LogP contribution in [0.2, 0.25) is 0 Å². The quantitative estimate of drug-likeness (QED) is 0.647. The van der Waals surface area contributed by atoms with Crippen molar-refractivity contribution in [1.82, 2.24) is 10.2 Å². The molecular formula is C23H33BrN2O. The molecule has 0 spiro atoms. The Hall–Kier alpha value is -0.870. The molecule has 4 aliphatic carbocycles. The molecule has 0 saturated heterocycles. The van der Waals surface area contributed by atoms with E-state index in [9.17, 15) is 4.79 Å². The molecule has 4 heteroatoms. The molecule has 0 heterocycles. The van der Waals surface area contributed by atoms with Gasteiger partial charge in [0.2, 0.25) is 5.91 Å². The molecule has 3 unspecified atom stereocenters. The summed E-state index contributed by atoms with van der Waals surface area (Å²) in [6, 6.07) is 10.9. The van der Waals surface area contributed by atoms with Crippen molar-refractivity contribution in [3.8, 4) is 0 Å². The minimum absolute atomic E-state index is 0.255. The zero-order valence-corrected chi connectivity index (χ0v) is 18.3. The smallest absolute Gasteiger partial charge is 0.220 e. The van der Waals surface area contributed by atoms with Gasteiger partial charge in [-0.3, -0.25) is 4.79 Å². The monoisotopic (exact) mass is 432 g/mol. The summed E-state index contributed by atoms with van der Waals surface area (Å²) in [6.45, 7) is 0.725. The number of carbonyl (C=O) groups is 1. The number of rotatable bonds is 7. The predicted octanol–water partition coefficient (Wildman–Crippen LogP) is 4.40. The molecule has 1 amide bonds.